The lowest BCUT2D eigenvalue weighted by Gasteiger charge is -2.17. The molecule has 18 heavy (non-hydrogen) atoms. The Morgan fingerprint density at radius 1 is 1.50 bits per heavy atom. The molecule has 1 N–H and O–H groups in total. The molecule has 0 aliphatic carbocycles. The lowest BCUT2D eigenvalue weighted by molar-refractivity contribution is 0.0677. The van der Waals surface area contributed by atoms with Crippen molar-refractivity contribution in [1.82, 2.24) is 14.3 Å². The molecular weight excluding hydrogens is 226 g/mol. The van der Waals surface area contributed by atoms with Gasteiger partial charge in [-0.15, -0.1) is 0 Å². The van der Waals surface area contributed by atoms with Gasteiger partial charge in [0.1, 0.15) is 5.65 Å². The summed E-state index contributed by atoms with van der Waals surface area (Å²) in [4.78, 5) is 6.92. The van der Waals surface area contributed by atoms with E-state index in [0.717, 1.165) is 37.4 Å². The van der Waals surface area contributed by atoms with Gasteiger partial charge in [0.05, 0.1) is 11.3 Å². The van der Waals surface area contributed by atoms with Gasteiger partial charge in [-0.3, -0.25) is 4.90 Å². The van der Waals surface area contributed by atoms with Gasteiger partial charge in [-0.05, 0) is 31.9 Å². The van der Waals surface area contributed by atoms with E-state index in [2.05, 4.69) is 33.5 Å². The van der Waals surface area contributed by atoms with Gasteiger partial charge in [-0.25, -0.2) is 4.98 Å². The summed E-state index contributed by atoms with van der Waals surface area (Å²) in [6.45, 7) is 6.48. The van der Waals surface area contributed by atoms with Crippen molar-refractivity contribution in [2.24, 2.45) is 0 Å². The van der Waals surface area contributed by atoms with Crippen LogP contribution in [-0.2, 0) is 6.54 Å². The molecule has 1 atom stereocenters. The fraction of sp³-hybridized carbons (Fsp3) is 0.500. The number of likely N-dealkylation sites (tertiary alicyclic amines) is 1. The van der Waals surface area contributed by atoms with Crippen LogP contribution in [-0.4, -0.2) is 38.1 Å². The highest BCUT2D eigenvalue weighted by Gasteiger charge is 2.31. The molecule has 96 valence electrons. The largest absolute Gasteiger partial charge is 0.389 e. The number of nitrogens with zero attached hydrogens (tertiary/aromatic N) is 3. The smallest absolute Gasteiger partial charge is 0.139 e. The Labute approximate surface area is 107 Å². The second-order valence-corrected chi connectivity index (χ2v) is 5.61. The summed E-state index contributed by atoms with van der Waals surface area (Å²) in [5, 5.41) is 9.96. The highest BCUT2D eigenvalue weighted by molar-refractivity contribution is 5.47. The van der Waals surface area contributed by atoms with E-state index >= 15 is 0 Å². The van der Waals surface area contributed by atoms with Crippen molar-refractivity contribution in [3.8, 4) is 0 Å². The van der Waals surface area contributed by atoms with Gasteiger partial charge in [-0.1, -0.05) is 6.07 Å². The number of aliphatic hydroxyl groups is 1. The average Bonchev–Trinajstić information content (AvgIpc) is 2.83. The Kier molecular flexibility index (Phi) is 2.64. The molecule has 2 aromatic rings. The molecular formula is C14H19N3O. The standard InChI is InChI=1S/C14H19N3O/c1-11-4-3-6-17-9-12(15-13(11)17)8-16-7-5-14(2,18)10-16/h3-4,6,9,18H,5,7-8,10H2,1-2H3. The van der Waals surface area contributed by atoms with Crippen LogP contribution in [0.4, 0.5) is 0 Å². The van der Waals surface area contributed by atoms with E-state index in [-0.39, 0.29) is 0 Å². The molecule has 3 rings (SSSR count). The minimum absolute atomic E-state index is 0.533. The van der Waals surface area contributed by atoms with E-state index in [4.69, 9.17) is 0 Å². The molecule has 1 saturated heterocycles. The second kappa shape index (κ2) is 4.07. The Hall–Kier alpha value is -1.39. The maximum absolute atomic E-state index is 9.96. The van der Waals surface area contributed by atoms with E-state index in [1.165, 1.54) is 5.56 Å². The van der Waals surface area contributed by atoms with Crippen LogP contribution in [0.5, 0.6) is 0 Å². The number of hydrogen-bond donors (Lipinski definition) is 1. The second-order valence-electron chi connectivity index (χ2n) is 5.61. The summed E-state index contributed by atoms with van der Waals surface area (Å²) in [5.41, 5.74) is 2.76. The third kappa shape index (κ3) is 2.13. The van der Waals surface area contributed by atoms with Crippen LogP contribution < -0.4 is 0 Å². The number of aromatic nitrogens is 2. The maximum atomic E-state index is 9.96. The molecule has 1 aliphatic rings. The van der Waals surface area contributed by atoms with Gasteiger partial charge < -0.3 is 9.51 Å². The van der Waals surface area contributed by atoms with Crippen molar-refractivity contribution in [2.75, 3.05) is 13.1 Å². The van der Waals surface area contributed by atoms with Gasteiger partial charge in [0.2, 0.25) is 0 Å². The first kappa shape index (κ1) is 11.7. The SMILES string of the molecule is Cc1cccn2cc(CN3CCC(C)(O)C3)nc12. The fourth-order valence-electron chi connectivity index (χ4n) is 2.68. The first-order chi connectivity index (χ1) is 8.53. The molecule has 1 unspecified atom stereocenters. The Morgan fingerprint density at radius 3 is 3.00 bits per heavy atom. The molecule has 0 bridgehead atoms. The molecule has 4 heteroatoms. The summed E-state index contributed by atoms with van der Waals surface area (Å²) in [7, 11) is 0. The molecule has 4 nitrogen and oxygen atoms in total. The molecule has 0 spiro atoms. The third-order valence-corrected chi connectivity index (χ3v) is 3.64. The van der Waals surface area contributed by atoms with Gasteiger partial charge in [0.15, 0.2) is 0 Å². The highest BCUT2D eigenvalue weighted by Crippen LogP contribution is 2.22. The van der Waals surface area contributed by atoms with Crippen LogP contribution in [0.15, 0.2) is 24.5 Å². The van der Waals surface area contributed by atoms with Crippen LogP contribution >= 0.6 is 0 Å². The molecule has 3 heterocycles. The molecule has 0 amide bonds. The molecule has 1 fully saturated rings. The zero-order valence-corrected chi connectivity index (χ0v) is 10.9. The van der Waals surface area contributed by atoms with E-state index in [0.29, 0.717) is 0 Å². The first-order valence-electron chi connectivity index (χ1n) is 6.41. The van der Waals surface area contributed by atoms with Gasteiger partial charge >= 0.3 is 0 Å². The highest BCUT2D eigenvalue weighted by atomic mass is 16.3. The minimum Gasteiger partial charge on any atom is -0.389 e. The van der Waals surface area contributed by atoms with Crippen molar-refractivity contribution in [1.29, 1.82) is 0 Å². The topological polar surface area (TPSA) is 40.8 Å². The summed E-state index contributed by atoms with van der Waals surface area (Å²) in [6, 6.07) is 4.11. The molecule has 0 radical (unpaired) electrons. The number of hydrogen-bond acceptors (Lipinski definition) is 3. The fourth-order valence-corrected chi connectivity index (χ4v) is 2.68. The first-order valence-corrected chi connectivity index (χ1v) is 6.41. The molecule has 0 saturated carbocycles. The van der Waals surface area contributed by atoms with Gasteiger partial charge in [0, 0.05) is 32.0 Å². The van der Waals surface area contributed by atoms with E-state index in [9.17, 15) is 5.11 Å². The Balaban J connectivity index is 1.81. The van der Waals surface area contributed by atoms with Crippen molar-refractivity contribution in [3.05, 3.63) is 35.8 Å². The summed E-state index contributed by atoms with van der Waals surface area (Å²) < 4.78 is 2.07. The minimum atomic E-state index is -0.533. The van der Waals surface area contributed by atoms with Gasteiger partial charge in [0.25, 0.3) is 0 Å². The van der Waals surface area contributed by atoms with Crippen molar-refractivity contribution in [2.45, 2.75) is 32.4 Å². The Bertz CT molecular complexity index is 573. The predicted octanol–water partition coefficient (Wildman–Crippen LogP) is 1.60. The van der Waals surface area contributed by atoms with Crippen molar-refractivity contribution >= 4 is 5.65 Å². The lowest BCUT2D eigenvalue weighted by atomic mass is 10.1. The Morgan fingerprint density at radius 2 is 2.33 bits per heavy atom. The predicted molar refractivity (Wildman–Crippen MR) is 70.4 cm³/mol. The summed E-state index contributed by atoms with van der Waals surface area (Å²) in [6.07, 6.45) is 4.95. The normalized spacial score (nSPS) is 25.1. The maximum Gasteiger partial charge on any atom is 0.139 e. The molecule has 1 aliphatic heterocycles. The van der Waals surface area contributed by atoms with E-state index < -0.39 is 5.60 Å². The van der Waals surface area contributed by atoms with E-state index in [1.807, 2.05) is 19.2 Å². The number of pyridine rings is 1. The monoisotopic (exact) mass is 245 g/mol. The number of rotatable bonds is 2. The molecule has 2 aromatic heterocycles. The number of fused-ring (bicyclic) bond motifs is 1. The van der Waals surface area contributed by atoms with E-state index in [1.54, 1.807) is 0 Å². The molecule has 0 aromatic carbocycles. The number of imidazole rings is 1. The van der Waals surface area contributed by atoms with Gasteiger partial charge in [-0.2, -0.15) is 0 Å². The lowest BCUT2D eigenvalue weighted by Crippen LogP contribution is -2.29. The number of aryl methyl sites for hydroxylation is 1. The number of β-amino-alcohol motifs (C(OH)–C–C–N with tert-alkyl or cyclic N) is 1. The zero-order chi connectivity index (χ0) is 12.8. The average molecular weight is 245 g/mol. The summed E-state index contributed by atoms with van der Waals surface area (Å²) >= 11 is 0. The van der Waals surface area contributed by atoms with Crippen LogP contribution in [0.1, 0.15) is 24.6 Å². The van der Waals surface area contributed by atoms with Crippen molar-refractivity contribution < 1.29 is 5.11 Å². The van der Waals surface area contributed by atoms with Crippen LogP contribution in [0.3, 0.4) is 0 Å². The quantitative estimate of drug-likeness (QED) is 0.873. The summed E-state index contributed by atoms with van der Waals surface area (Å²) in [5.74, 6) is 0. The van der Waals surface area contributed by atoms with Crippen LogP contribution in [0.25, 0.3) is 5.65 Å². The van der Waals surface area contributed by atoms with Crippen molar-refractivity contribution in [3.63, 3.8) is 0 Å². The third-order valence-electron chi connectivity index (χ3n) is 3.64. The van der Waals surface area contributed by atoms with Crippen LogP contribution in [0, 0.1) is 6.92 Å². The van der Waals surface area contributed by atoms with Crippen LogP contribution in [0.2, 0.25) is 0 Å². The zero-order valence-electron chi connectivity index (χ0n) is 10.9.